The molecule has 1 N–H and O–H groups in total. The van der Waals surface area contributed by atoms with Gasteiger partial charge in [-0.1, -0.05) is 49.4 Å². The second kappa shape index (κ2) is 8.30. The Balaban J connectivity index is 2.09. The van der Waals surface area contributed by atoms with Crippen LogP contribution in [0.3, 0.4) is 0 Å². The minimum absolute atomic E-state index is 0.0506. The Morgan fingerprint density at radius 1 is 1.07 bits per heavy atom. The molecule has 1 fully saturated rings. The molecule has 1 heterocycles. The molecular formula is C23H25NO4. The Kier molecular flexibility index (Phi) is 5.83. The number of aliphatic hydroxyl groups excluding tert-OH is 1. The number of likely N-dealkylation sites (tertiary alicyclic amines) is 1. The maximum Gasteiger partial charge on any atom is 0.295 e. The number of aliphatic hydroxyl groups is 1. The molecule has 0 aliphatic carbocycles. The van der Waals surface area contributed by atoms with E-state index >= 15 is 0 Å². The molecule has 1 unspecified atom stereocenters. The second-order valence-electron chi connectivity index (χ2n) is 7.09. The lowest BCUT2D eigenvalue weighted by atomic mass is 9.95. The third-order valence-electron chi connectivity index (χ3n) is 4.62. The van der Waals surface area contributed by atoms with E-state index in [1.165, 1.54) is 4.90 Å². The minimum Gasteiger partial charge on any atom is -0.507 e. The van der Waals surface area contributed by atoms with Crippen LogP contribution in [-0.4, -0.2) is 34.3 Å². The van der Waals surface area contributed by atoms with E-state index < -0.39 is 17.7 Å². The fourth-order valence-corrected chi connectivity index (χ4v) is 3.45. The molecular weight excluding hydrogens is 354 g/mol. The van der Waals surface area contributed by atoms with Gasteiger partial charge in [-0.05, 0) is 38.0 Å². The van der Waals surface area contributed by atoms with Crippen LogP contribution in [-0.2, 0) is 9.59 Å². The number of ether oxygens (including phenoxy) is 1. The Bertz CT molecular complexity index is 885. The van der Waals surface area contributed by atoms with E-state index in [1.54, 1.807) is 24.3 Å². The zero-order chi connectivity index (χ0) is 20.3. The molecule has 5 heteroatoms. The first-order valence-corrected chi connectivity index (χ1v) is 9.54. The van der Waals surface area contributed by atoms with Crippen LogP contribution >= 0.6 is 0 Å². The largest absolute Gasteiger partial charge is 0.507 e. The van der Waals surface area contributed by atoms with Crippen LogP contribution < -0.4 is 4.74 Å². The Labute approximate surface area is 165 Å². The molecule has 1 aliphatic heterocycles. The lowest BCUT2D eigenvalue weighted by molar-refractivity contribution is -0.139. The third kappa shape index (κ3) is 3.79. The van der Waals surface area contributed by atoms with Gasteiger partial charge < -0.3 is 14.7 Å². The summed E-state index contributed by atoms with van der Waals surface area (Å²) in [6.45, 7) is 6.28. The van der Waals surface area contributed by atoms with Crippen molar-refractivity contribution in [3.05, 3.63) is 71.3 Å². The van der Waals surface area contributed by atoms with Crippen molar-refractivity contribution in [2.24, 2.45) is 0 Å². The Hall–Kier alpha value is -3.08. The molecule has 146 valence electrons. The molecule has 0 spiro atoms. The Morgan fingerprint density at radius 3 is 2.29 bits per heavy atom. The number of amides is 1. The standard InChI is InChI=1S/C23H25NO4/c1-4-14-24-20(16-10-12-18(13-11-16)28-15(2)3)19(22(26)23(24)27)21(25)17-8-6-5-7-9-17/h5-13,15,20,25H,4,14H2,1-3H3/b21-19-. The summed E-state index contributed by atoms with van der Waals surface area (Å²) in [5.41, 5.74) is 1.41. The van der Waals surface area contributed by atoms with Crippen molar-refractivity contribution in [1.82, 2.24) is 4.90 Å². The maximum atomic E-state index is 12.8. The molecule has 1 atom stereocenters. The monoisotopic (exact) mass is 379 g/mol. The fourth-order valence-electron chi connectivity index (χ4n) is 3.45. The number of benzene rings is 2. The summed E-state index contributed by atoms with van der Waals surface area (Å²) in [6, 6.07) is 15.6. The zero-order valence-corrected chi connectivity index (χ0v) is 16.4. The number of carbonyl (C=O) groups excluding carboxylic acids is 2. The van der Waals surface area contributed by atoms with E-state index in [1.807, 2.05) is 51.1 Å². The van der Waals surface area contributed by atoms with E-state index in [-0.39, 0.29) is 17.4 Å². The van der Waals surface area contributed by atoms with Crippen molar-refractivity contribution in [2.45, 2.75) is 39.3 Å². The van der Waals surface area contributed by atoms with Gasteiger partial charge in [0.15, 0.2) is 0 Å². The molecule has 1 amide bonds. The summed E-state index contributed by atoms with van der Waals surface area (Å²) < 4.78 is 5.68. The normalized spacial score (nSPS) is 18.7. The highest BCUT2D eigenvalue weighted by Crippen LogP contribution is 2.39. The summed E-state index contributed by atoms with van der Waals surface area (Å²) in [6.07, 6.45) is 0.762. The molecule has 1 saturated heterocycles. The van der Waals surface area contributed by atoms with Gasteiger partial charge in [0.1, 0.15) is 11.5 Å². The molecule has 2 aromatic rings. The van der Waals surface area contributed by atoms with Crippen molar-refractivity contribution in [2.75, 3.05) is 6.54 Å². The number of hydrogen-bond donors (Lipinski definition) is 1. The molecule has 0 saturated carbocycles. The number of hydrogen-bond acceptors (Lipinski definition) is 4. The van der Waals surface area contributed by atoms with Crippen LogP contribution in [0.25, 0.3) is 5.76 Å². The molecule has 1 aliphatic rings. The topological polar surface area (TPSA) is 66.8 Å². The van der Waals surface area contributed by atoms with E-state index in [0.717, 1.165) is 5.56 Å². The SMILES string of the molecule is CCCN1C(=O)C(=O)/C(=C(\O)c2ccccc2)C1c1ccc(OC(C)C)cc1. The highest BCUT2D eigenvalue weighted by atomic mass is 16.5. The van der Waals surface area contributed by atoms with Gasteiger partial charge in [-0.25, -0.2) is 0 Å². The van der Waals surface area contributed by atoms with Crippen molar-refractivity contribution >= 4 is 17.4 Å². The first kappa shape index (κ1) is 19.7. The van der Waals surface area contributed by atoms with E-state index in [9.17, 15) is 14.7 Å². The second-order valence-corrected chi connectivity index (χ2v) is 7.09. The van der Waals surface area contributed by atoms with Gasteiger partial charge in [0.25, 0.3) is 11.7 Å². The molecule has 0 bridgehead atoms. The van der Waals surface area contributed by atoms with Crippen LogP contribution in [0.2, 0.25) is 0 Å². The van der Waals surface area contributed by atoms with E-state index in [2.05, 4.69) is 0 Å². The first-order chi connectivity index (χ1) is 13.4. The minimum atomic E-state index is -0.651. The summed E-state index contributed by atoms with van der Waals surface area (Å²) in [5.74, 6) is -0.659. The summed E-state index contributed by atoms with van der Waals surface area (Å²) in [7, 11) is 0. The Morgan fingerprint density at radius 2 is 1.71 bits per heavy atom. The molecule has 2 aromatic carbocycles. The predicted molar refractivity (Wildman–Crippen MR) is 108 cm³/mol. The average Bonchev–Trinajstić information content (AvgIpc) is 2.93. The number of ketones is 1. The van der Waals surface area contributed by atoms with Gasteiger partial charge in [0.05, 0.1) is 17.7 Å². The lowest BCUT2D eigenvalue weighted by Gasteiger charge is -2.25. The summed E-state index contributed by atoms with van der Waals surface area (Å²) in [4.78, 5) is 26.9. The number of Topliss-reactive ketones (excluding diaryl/α,β-unsaturated/α-hetero) is 1. The fraction of sp³-hybridized carbons (Fsp3) is 0.304. The van der Waals surface area contributed by atoms with Gasteiger partial charge in [-0.2, -0.15) is 0 Å². The molecule has 5 nitrogen and oxygen atoms in total. The van der Waals surface area contributed by atoms with Gasteiger partial charge in [0.2, 0.25) is 0 Å². The smallest absolute Gasteiger partial charge is 0.295 e. The van der Waals surface area contributed by atoms with Gasteiger partial charge in [0, 0.05) is 12.1 Å². The predicted octanol–water partition coefficient (Wildman–Crippen LogP) is 4.31. The van der Waals surface area contributed by atoms with Crippen LogP contribution in [0.5, 0.6) is 5.75 Å². The van der Waals surface area contributed by atoms with Crippen molar-refractivity contribution in [1.29, 1.82) is 0 Å². The molecule has 0 radical (unpaired) electrons. The van der Waals surface area contributed by atoms with Crippen molar-refractivity contribution < 1.29 is 19.4 Å². The summed E-state index contributed by atoms with van der Waals surface area (Å²) >= 11 is 0. The van der Waals surface area contributed by atoms with Gasteiger partial charge >= 0.3 is 0 Å². The van der Waals surface area contributed by atoms with Gasteiger partial charge in [-0.15, -0.1) is 0 Å². The molecule has 28 heavy (non-hydrogen) atoms. The van der Waals surface area contributed by atoms with E-state index in [4.69, 9.17) is 4.74 Å². The van der Waals surface area contributed by atoms with Crippen LogP contribution in [0.4, 0.5) is 0 Å². The van der Waals surface area contributed by atoms with Crippen molar-refractivity contribution in [3.63, 3.8) is 0 Å². The third-order valence-corrected chi connectivity index (χ3v) is 4.62. The highest BCUT2D eigenvalue weighted by Gasteiger charge is 2.45. The molecule has 0 aromatic heterocycles. The number of carbonyl (C=O) groups is 2. The zero-order valence-electron chi connectivity index (χ0n) is 16.4. The van der Waals surface area contributed by atoms with E-state index in [0.29, 0.717) is 24.3 Å². The highest BCUT2D eigenvalue weighted by molar-refractivity contribution is 6.46. The maximum absolute atomic E-state index is 12.8. The van der Waals surface area contributed by atoms with Gasteiger partial charge in [-0.3, -0.25) is 9.59 Å². The first-order valence-electron chi connectivity index (χ1n) is 9.54. The summed E-state index contributed by atoms with van der Waals surface area (Å²) in [5, 5.41) is 10.9. The van der Waals surface area contributed by atoms with Crippen molar-refractivity contribution in [3.8, 4) is 5.75 Å². The van der Waals surface area contributed by atoms with Crippen LogP contribution in [0.1, 0.15) is 44.4 Å². The van der Waals surface area contributed by atoms with Crippen LogP contribution in [0.15, 0.2) is 60.2 Å². The quantitative estimate of drug-likeness (QED) is 0.461. The molecule has 3 rings (SSSR count). The average molecular weight is 379 g/mol. The van der Waals surface area contributed by atoms with Crippen LogP contribution in [0, 0.1) is 0 Å². The number of nitrogens with zero attached hydrogens (tertiary/aromatic N) is 1. The lowest BCUT2D eigenvalue weighted by Crippen LogP contribution is -2.30. The number of rotatable bonds is 6.